The Morgan fingerprint density at radius 1 is 1.11 bits per heavy atom. The van der Waals surface area contributed by atoms with Gasteiger partial charge in [0.25, 0.3) is 0 Å². The summed E-state index contributed by atoms with van der Waals surface area (Å²) < 4.78 is 5.22. The van der Waals surface area contributed by atoms with E-state index in [2.05, 4.69) is 6.07 Å². The fourth-order valence-corrected chi connectivity index (χ4v) is 3.58. The number of rotatable bonds is 5. The largest absolute Gasteiger partial charge is 0.465 e. The fourth-order valence-electron chi connectivity index (χ4n) is 3.58. The standard InChI is InChI=1S/C23H25NO3/c1-4-27-23(26)22-20(17-11-8-12-19(13-17)24(2)3)14-18(15-21(22)25)16-9-6-5-7-10-16/h5-13,15,20,22H,4,14H2,1-3H3. The zero-order valence-corrected chi connectivity index (χ0v) is 16.0. The molecule has 0 amide bonds. The molecule has 0 aromatic heterocycles. The van der Waals surface area contributed by atoms with E-state index in [0.29, 0.717) is 6.42 Å². The number of anilines is 1. The molecule has 140 valence electrons. The molecule has 2 atom stereocenters. The van der Waals surface area contributed by atoms with Crippen LogP contribution in [0.2, 0.25) is 0 Å². The Morgan fingerprint density at radius 3 is 2.52 bits per heavy atom. The van der Waals surface area contributed by atoms with E-state index >= 15 is 0 Å². The summed E-state index contributed by atoms with van der Waals surface area (Å²) >= 11 is 0. The van der Waals surface area contributed by atoms with Gasteiger partial charge >= 0.3 is 5.97 Å². The van der Waals surface area contributed by atoms with Crippen molar-refractivity contribution in [2.24, 2.45) is 5.92 Å². The van der Waals surface area contributed by atoms with Gasteiger partial charge in [-0.1, -0.05) is 42.5 Å². The van der Waals surface area contributed by atoms with E-state index in [1.165, 1.54) is 0 Å². The minimum Gasteiger partial charge on any atom is -0.465 e. The molecule has 0 fully saturated rings. The molecule has 1 aliphatic rings. The molecule has 4 nitrogen and oxygen atoms in total. The van der Waals surface area contributed by atoms with Gasteiger partial charge in [0.15, 0.2) is 5.78 Å². The molecule has 0 saturated heterocycles. The lowest BCUT2D eigenvalue weighted by Crippen LogP contribution is -2.34. The molecule has 0 bridgehead atoms. The first-order chi connectivity index (χ1) is 13.0. The summed E-state index contributed by atoms with van der Waals surface area (Å²) in [4.78, 5) is 27.5. The highest BCUT2D eigenvalue weighted by atomic mass is 16.5. The van der Waals surface area contributed by atoms with Crippen LogP contribution in [-0.4, -0.2) is 32.5 Å². The van der Waals surface area contributed by atoms with E-state index in [0.717, 1.165) is 22.4 Å². The van der Waals surface area contributed by atoms with Crippen molar-refractivity contribution >= 4 is 23.0 Å². The number of benzene rings is 2. The molecule has 4 heteroatoms. The molecular weight excluding hydrogens is 338 g/mol. The van der Waals surface area contributed by atoms with E-state index in [4.69, 9.17) is 4.74 Å². The number of allylic oxidation sites excluding steroid dienone is 2. The predicted molar refractivity (Wildman–Crippen MR) is 108 cm³/mol. The number of ether oxygens (including phenoxy) is 1. The summed E-state index contributed by atoms with van der Waals surface area (Å²) in [6.07, 6.45) is 2.24. The summed E-state index contributed by atoms with van der Waals surface area (Å²) in [5.74, 6) is -1.66. The molecule has 3 rings (SSSR count). The number of carbonyl (C=O) groups excluding carboxylic acids is 2. The topological polar surface area (TPSA) is 46.6 Å². The molecule has 0 aliphatic heterocycles. The zero-order valence-electron chi connectivity index (χ0n) is 16.0. The third kappa shape index (κ3) is 4.11. The molecule has 2 aromatic carbocycles. The average Bonchev–Trinajstić information content (AvgIpc) is 2.68. The zero-order chi connectivity index (χ0) is 19.4. The summed E-state index contributed by atoms with van der Waals surface area (Å²) in [7, 11) is 3.95. The summed E-state index contributed by atoms with van der Waals surface area (Å²) in [5, 5.41) is 0. The van der Waals surface area contributed by atoms with E-state index in [1.807, 2.05) is 67.5 Å². The van der Waals surface area contributed by atoms with Crippen LogP contribution in [0.15, 0.2) is 60.7 Å². The minimum atomic E-state index is -0.796. The van der Waals surface area contributed by atoms with Crippen LogP contribution in [0.25, 0.3) is 5.57 Å². The summed E-state index contributed by atoms with van der Waals surface area (Å²) in [6, 6.07) is 17.9. The maximum Gasteiger partial charge on any atom is 0.317 e. The SMILES string of the molecule is CCOC(=O)C1C(=O)C=C(c2ccccc2)CC1c1cccc(N(C)C)c1. The van der Waals surface area contributed by atoms with Gasteiger partial charge in [-0.05, 0) is 48.3 Å². The normalized spacial score (nSPS) is 19.4. The van der Waals surface area contributed by atoms with Gasteiger partial charge < -0.3 is 9.64 Å². The molecule has 2 unspecified atom stereocenters. The molecule has 0 spiro atoms. The molecule has 2 aromatic rings. The Hall–Kier alpha value is -2.88. The van der Waals surface area contributed by atoms with Crippen molar-refractivity contribution in [1.29, 1.82) is 0 Å². The van der Waals surface area contributed by atoms with Gasteiger partial charge in [0.05, 0.1) is 6.61 Å². The fraction of sp³-hybridized carbons (Fsp3) is 0.304. The molecule has 0 heterocycles. The Bertz CT molecular complexity index is 855. The second-order valence-electron chi connectivity index (χ2n) is 6.97. The highest BCUT2D eigenvalue weighted by molar-refractivity contribution is 6.10. The van der Waals surface area contributed by atoms with Gasteiger partial charge in [0.2, 0.25) is 0 Å². The van der Waals surface area contributed by atoms with Crippen LogP contribution < -0.4 is 4.90 Å². The van der Waals surface area contributed by atoms with Crippen LogP contribution in [0.5, 0.6) is 0 Å². The van der Waals surface area contributed by atoms with Gasteiger partial charge in [-0.2, -0.15) is 0 Å². The van der Waals surface area contributed by atoms with Gasteiger partial charge in [-0.25, -0.2) is 0 Å². The van der Waals surface area contributed by atoms with E-state index in [9.17, 15) is 9.59 Å². The monoisotopic (exact) mass is 363 g/mol. The molecular formula is C23H25NO3. The van der Waals surface area contributed by atoms with Crippen LogP contribution in [0.4, 0.5) is 5.69 Å². The first-order valence-electron chi connectivity index (χ1n) is 9.25. The molecule has 0 N–H and O–H groups in total. The smallest absolute Gasteiger partial charge is 0.317 e. The number of hydrogen-bond acceptors (Lipinski definition) is 4. The second kappa shape index (κ2) is 8.21. The lowest BCUT2D eigenvalue weighted by Gasteiger charge is -2.30. The number of ketones is 1. The number of nitrogens with zero attached hydrogens (tertiary/aromatic N) is 1. The first-order valence-corrected chi connectivity index (χ1v) is 9.25. The molecule has 0 radical (unpaired) electrons. The Morgan fingerprint density at radius 2 is 1.85 bits per heavy atom. The lowest BCUT2D eigenvalue weighted by atomic mass is 9.73. The van der Waals surface area contributed by atoms with Crippen LogP contribution in [0.3, 0.4) is 0 Å². The molecule has 0 saturated carbocycles. The van der Waals surface area contributed by atoms with Crippen molar-refractivity contribution in [3.05, 3.63) is 71.8 Å². The number of esters is 1. The Kier molecular flexibility index (Phi) is 5.75. The van der Waals surface area contributed by atoms with Gasteiger partial charge in [-0.3, -0.25) is 9.59 Å². The Labute approximate surface area is 160 Å². The quantitative estimate of drug-likeness (QED) is 0.593. The van der Waals surface area contributed by atoms with E-state index in [1.54, 1.807) is 13.0 Å². The van der Waals surface area contributed by atoms with Crippen molar-refractivity contribution in [1.82, 2.24) is 0 Å². The molecule has 27 heavy (non-hydrogen) atoms. The first kappa shape index (κ1) is 18.9. The minimum absolute atomic E-state index is 0.182. The summed E-state index contributed by atoms with van der Waals surface area (Å²) in [6.45, 7) is 2.03. The van der Waals surface area contributed by atoms with Gasteiger partial charge in [-0.15, -0.1) is 0 Å². The predicted octanol–water partition coefficient (Wildman–Crippen LogP) is 4.07. The van der Waals surface area contributed by atoms with Crippen LogP contribution >= 0.6 is 0 Å². The van der Waals surface area contributed by atoms with E-state index in [-0.39, 0.29) is 18.3 Å². The third-order valence-corrected chi connectivity index (χ3v) is 4.97. The van der Waals surface area contributed by atoms with E-state index < -0.39 is 11.9 Å². The maximum atomic E-state index is 12.9. The van der Waals surface area contributed by atoms with Gasteiger partial charge in [0.1, 0.15) is 5.92 Å². The average molecular weight is 363 g/mol. The second-order valence-corrected chi connectivity index (χ2v) is 6.97. The van der Waals surface area contributed by atoms with Crippen LogP contribution in [0.1, 0.15) is 30.4 Å². The molecule has 1 aliphatic carbocycles. The van der Waals surface area contributed by atoms with Crippen molar-refractivity contribution in [3.63, 3.8) is 0 Å². The highest BCUT2D eigenvalue weighted by Crippen LogP contribution is 2.41. The summed E-state index contributed by atoms with van der Waals surface area (Å²) in [5.41, 5.74) is 4.00. The highest BCUT2D eigenvalue weighted by Gasteiger charge is 2.39. The third-order valence-electron chi connectivity index (χ3n) is 4.97. The van der Waals surface area contributed by atoms with Crippen molar-refractivity contribution in [2.75, 3.05) is 25.6 Å². The van der Waals surface area contributed by atoms with Crippen molar-refractivity contribution < 1.29 is 14.3 Å². The van der Waals surface area contributed by atoms with Gasteiger partial charge in [0, 0.05) is 25.7 Å². The maximum absolute atomic E-state index is 12.9. The van der Waals surface area contributed by atoms with Crippen LogP contribution in [-0.2, 0) is 14.3 Å². The van der Waals surface area contributed by atoms with Crippen molar-refractivity contribution in [2.45, 2.75) is 19.3 Å². The van der Waals surface area contributed by atoms with Crippen LogP contribution in [0, 0.1) is 5.92 Å². The lowest BCUT2D eigenvalue weighted by molar-refractivity contribution is -0.151. The van der Waals surface area contributed by atoms with Crippen molar-refractivity contribution in [3.8, 4) is 0 Å². The Balaban J connectivity index is 2.04. The number of carbonyl (C=O) groups is 2. The number of hydrogen-bond donors (Lipinski definition) is 0.